The fourth-order valence-electron chi connectivity index (χ4n) is 3.94. The fraction of sp³-hybridized carbons (Fsp3) is 0.474. The second-order valence-electron chi connectivity index (χ2n) is 7.19. The summed E-state index contributed by atoms with van der Waals surface area (Å²) in [5, 5.41) is 0.279. The van der Waals surface area contributed by atoms with Crippen molar-refractivity contribution in [3.63, 3.8) is 0 Å². The quantitative estimate of drug-likeness (QED) is 0.800. The Labute approximate surface area is 173 Å². The average Bonchev–Trinajstić information content (AvgIpc) is 3.34. The zero-order valence-electron chi connectivity index (χ0n) is 16.2. The van der Waals surface area contributed by atoms with Crippen molar-refractivity contribution in [2.24, 2.45) is 0 Å². The lowest BCUT2D eigenvalue weighted by atomic mass is 10.1. The van der Waals surface area contributed by atoms with E-state index in [2.05, 4.69) is 4.98 Å². The van der Waals surface area contributed by atoms with Gasteiger partial charge >= 0.3 is 0 Å². The summed E-state index contributed by atoms with van der Waals surface area (Å²) in [4.78, 5) is 33.9. The van der Waals surface area contributed by atoms with Crippen molar-refractivity contribution in [1.82, 2.24) is 19.7 Å². The molecule has 0 bridgehead atoms. The lowest BCUT2D eigenvalue weighted by Gasteiger charge is -2.36. The Balaban J connectivity index is 1.46. The van der Waals surface area contributed by atoms with Crippen molar-refractivity contribution >= 4 is 45.9 Å². The van der Waals surface area contributed by atoms with Gasteiger partial charge < -0.3 is 14.8 Å². The van der Waals surface area contributed by atoms with Gasteiger partial charge in [-0.15, -0.1) is 0 Å². The van der Waals surface area contributed by atoms with E-state index in [-0.39, 0.29) is 40.6 Å². The van der Waals surface area contributed by atoms with Crippen LogP contribution in [0, 0.1) is 5.82 Å². The van der Waals surface area contributed by atoms with Gasteiger partial charge in [0.15, 0.2) is 0 Å². The third-order valence-corrected chi connectivity index (χ3v) is 6.28. The highest BCUT2D eigenvalue weighted by atomic mass is 35.5. The number of hydrogen-bond acceptors (Lipinski definition) is 3. The van der Waals surface area contributed by atoms with E-state index in [4.69, 9.17) is 24.6 Å². The molecule has 2 saturated heterocycles. The Morgan fingerprint density at radius 1 is 1.14 bits per heavy atom. The molecule has 0 spiro atoms. The largest absolute Gasteiger partial charge is 0.349 e. The van der Waals surface area contributed by atoms with Gasteiger partial charge in [-0.25, -0.2) is 4.39 Å². The predicted octanol–water partition coefficient (Wildman–Crippen LogP) is 2.99. The molecule has 150 valence electrons. The zero-order chi connectivity index (χ0) is 20.7. The summed E-state index contributed by atoms with van der Waals surface area (Å²) >= 11 is 12.3. The van der Waals surface area contributed by atoms with Gasteiger partial charge in [0.05, 0.1) is 16.1 Å². The lowest BCUT2D eigenvalue weighted by molar-refractivity contribution is -0.137. The molecule has 2 aromatic rings. The minimum Gasteiger partial charge on any atom is -0.349 e. The van der Waals surface area contributed by atoms with Crippen LogP contribution in [0.5, 0.6) is 0 Å². The first-order chi connectivity index (χ1) is 13.9. The molecule has 0 radical (unpaired) electrons. The van der Waals surface area contributed by atoms with Gasteiger partial charge in [0, 0.05) is 38.5 Å². The normalized spacial score (nSPS) is 21.4. The fourth-order valence-corrected chi connectivity index (χ4v) is 4.57. The second kappa shape index (κ2) is 7.54. The van der Waals surface area contributed by atoms with E-state index < -0.39 is 5.82 Å². The van der Waals surface area contributed by atoms with Crippen molar-refractivity contribution in [1.29, 1.82) is 0 Å². The highest BCUT2D eigenvalue weighted by molar-refractivity contribution is 6.44. The van der Waals surface area contributed by atoms with Crippen LogP contribution < -0.4 is 0 Å². The van der Waals surface area contributed by atoms with Crippen molar-refractivity contribution in [3.8, 4) is 0 Å². The molecule has 4 rings (SSSR count). The molecule has 1 atom stereocenters. The van der Waals surface area contributed by atoms with Crippen LogP contribution in [-0.2, 0) is 4.79 Å². The van der Waals surface area contributed by atoms with E-state index in [1.165, 1.54) is 12.1 Å². The van der Waals surface area contributed by atoms with Gasteiger partial charge in [-0.2, -0.15) is 0 Å². The molecule has 6 nitrogen and oxygen atoms in total. The first kappa shape index (κ1) is 18.2. The number of aromatic nitrogens is 1. The average molecular weight is 428 g/mol. The molecule has 2 aliphatic rings. The summed E-state index contributed by atoms with van der Waals surface area (Å²) in [6.07, 6.45) is 1.70. The predicted molar refractivity (Wildman–Crippen MR) is 106 cm³/mol. The third kappa shape index (κ3) is 3.25. The number of likely N-dealkylation sites (tertiary alicyclic amines) is 1. The molecule has 3 heterocycles. The molecule has 9 heteroatoms. The van der Waals surface area contributed by atoms with Crippen LogP contribution in [0.25, 0.3) is 10.9 Å². The number of nitrogens with one attached hydrogen (secondary N) is 1. The Morgan fingerprint density at radius 3 is 2.57 bits per heavy atom. The number of aromatic amines is 1. The van der Waals surface area contributed by atoms with Crippen LogP contribution in [0.4, 0.5) is 4.39 Å². The summed E-state index contributed by atoms with van der Waals surface area (Å²) in [7, 11) is 0.122. The number of likely N-dealkylation sites (N-methyl/N-ethyl adjacent to an activating group) is 1. The highest BCUT2D eigenvalue weighted by Crippen LogP contribution is 2.35. The van der Waals surface area contributed by atoms with Crippen molar-refractivity contribution in [2.45, 2.75) is 18.9 Å². The number of hydrogen-bond donors (Lipinski definition) is 1. The molecule has 2 fully saturated rings. The molecule has 2 amide bonds. The first-order valence-electron chi connectivity index (χ1n) is 9.89. The number of carbonyl (C=O) groups excluding carboxylic acids is 2. The number of piperazine rings is 1. The Bertz CT molecular complexity index is 961. The maximum absolute atomic E-state index is 13.7. The summed E-state index contributed by atoms with van der Waals surface area (Å²) in [5.41, 5.74) is 0.667. The maximum Gasteiger partial charge on any atom is 0.271 e. The molecule has 28 heavy (non-hydrogen) atoms. The minimum atomic E-state index is -0.597. The van der Waals surface area contributed by atoms with E-state index in [0.29, 0.717) is 37.1 Å². The number of halogens is 3. The summed E-state index contributed by atoms with van der Waals surface area (Å²) < 4.78 is 21.3. The van der Waals surface area contributed by atoms with Crippen LogP contribution >= 0.6 is 23.2 Å². The molecular formula is C19H21Cl2FN4O2. The van der Waals surface area contributed by atoms with Gasteiger partial charge in [0.25, 0.3) is 5.91 Å². The number of fused-ring (bicyclic) bond motifs is 1. The summed E-state index contributed by atoms with van der Waals surface area (Å²) in [6, 6.07) is 2.49. The van der Waals surface area contributed by atoms with Gasteiger partial charge in [-0.1, -0.05) is 23.2 Å². The molecule has 0 aliphatic carbocycles. The molecule has 1 N–H and O–H groups in total. The van der Waals surface area contributed by atoms with Gasteiger partial charge in [-0.3, -0.25) is 14.5 Å². The van der Waals surface area contributed by atoms with Crippen LogP contribution in [0.1, 0.15) is 24.7 Å². The van der Waals surface area contributed by atoms with Crippen LogP contribution in [0.3, 0.4) is 0 Å². The summed E-state index contributed by atoms with van der Waals surface area (Å²) in [6.45, 7) is 2.40. The zero-order valence-corrected chi connectivity index (χ0v) is 16.7. The monoisotopic (exact) mass is 427 g/mol. The number of H-pyrrole nitrogens is 1. The van der Waals surface area contributed by atoms with Crippen LogP contribution in [-0.4, -0.2) is 77.3 Å². The number of rotatable bonds is 2. The number of nitrogens with zero attached hydrogens (tertiary/aromatic N) is 3. The SMILES string of the molecule is [2H]CN1CCC[C@H]1C(=O)N1CCN(C(=O)c2[nH]c3ccc(F)c(Cl)c3c2Cl)CC1. The van der Waals surface area contributed by atoms with Gasteiger partial charge in [-0.05, 0) is 38.5 Å². The van der Waals surface area contributed by atoms with Gasteiger partial charge in [0.2, 0.25) is 5.91 Å². The van der Waals surface area contributed by atoms with Crippen molar-refractivity contribution in [3.05, 3.63) is 33.7 Å². The van der Waals surface area contributed by atoms with E-state index in [1.807, 2.05) is 4.90 Å². The molecule has 0 saturated carbocycles. The van der Waals surface area contributed by atoms with Crippen LogP contribution in [0.2, 0.25) is 10.0 Å². The number of benzene rings is 1. The lowest BCUT2D eigenvalue weighted by Crippen LogP contribution is -2.54. The second-order valence-corrected chi connectivity index (χ2v) is 7.94. The Hall–Kier alpha value is -1.83. The number of carbonyl (C=O) groups is 2. The first-order valence-corrected chi connectivity index (χ1v) is 9.94. The standard InChI is InChI=1S/C19H21Cl2FN4O2/c1-24-6-2-3-13(24)18(27)25-7-9-26(10-8-25)19(28)17-16(21)14-12(23-17)5-4-11(22)15(14)20/h4-5,13,23H,2-3,6-10H2,1H3/t13-/m0/s1/i1D. The Morgan fingerprint density at radius 2 is 1.86 bits per heavy atom. The molecule has 2 aliphatic heterocycles. The highest BCUT2D eigenvalue weighted by Gasteiger charge is 2.34. The minimum absolute atomic E-state index is 0.0350. The molecule has 1 aromatic heterocycles. The molecular weight excluding hydrogens is 406 g/mol. The van der Waals surface area contributed by atoms with Crippen LogP contribution in [0.15, 0.2) is 12.1 Å². The number of amides is 2. The van der Waals surface area contributed by atoms with E-state index in [0.717, 1.165) is 19.4 Å². The smallest absolute Gasteiger partial charge is 0.271 e. The topological polar surface area (TPSA) is 59.7 Å². The van der Waals surface area contributed by atoms with Crippen molar-refractivity contribution in [2.75, 3.05) is 39.7 Å². The van der Waals surface area contributed by atoms with E-state index in [1.54, 1.807) is 9.80 Å². The molecule has 1 aromatic carbocycles. The summed E-state index contributed by atoms with van der Waals surface area (Å²) in [5.74, 6) is -0.865. The molecule has 0 unspecified atom stereocenters. The van der Waals surface area contributed by atoms with E-state index >= 15 is 0 Å². The van der Waals surface area contributed by atoms with Gasteiger partial charge in [0.1, 0.15) is 11.5 Å². The maximum atomic E-state index is 13.7. The Kier molecular flexibility index (Phi) is 4.90. The third-order valence-electron chi connectivity index (χ3n) is 5.53. The van der Waals surface area contributed by atoms with Crippen molar-refractivity contribution < 1.29 is 15.4 Å². The van der Waals surface area contributed by atoms with E-state index in [9.17, 15) is 14.0 Å².